The Morgan fingerprint density at radius 2 is 1.84 bits per heavy atom. The van der Waals surface area contributed by atoms with Crippen molar-refractivity contribution in [1.82, 2.24) is 15.4 Å². The zero-order valence-electron chi connectivity index (χ0n) is 15.4. The molecule has 3 N–H and O–H groups in total. The van der Waals surface area contributed by atoms with Crippen LogP contribution in [0.3, 0.4) is 0 Å². The monoisotopic (exact) mass is 366 g/mol. The van der Waals surface area contributed by atoms with Gasteiger partial charge in [0.05, 0.1) is 4.90 Å². The third kappa shape index (κ3) is 5.44. The Morgan fingerprint density at radius 3 is 2.36 bits per heavy atom. The Bertz CT molecular complexity index is 674. The molecule has 1 saturated carbocycles. The minimum atomic E-state index is -3.47. The average molecular weight is 367 g/mol. The lowest BCUT2D eigenvalue weighted by molar-refractivity contribution is 0.131. The van der Waals surface area contributed by atoms with Crippen LogP contribution in [0.4, 0.5) is 0 Å². The lowest BCUT2D eigenvalue weighted by Gasteiger charge is -2.41. The predicted octanol–water partition coefficient (Wildman–Crippen LogP) is 2.02. The number of aliphatic imine (C=N–C) groups is 1. The Labute approximate surface area is 151 Å². The molecule has 25 heavy (non-hydrogen) atoms. The van der Waals surface area contributed by atoms with Crippen molar-refractivity contribution >= 4 is 16.0 Å². The molecule has 0 aliphatic heterocycles. The van der Waals surface area contributed by atoms with Gasteiger partial charge in [-0.05, 0) is 43.7 Å². The highest BCUT2D eigenvalue weighted by atomic mass is 32.2. The molecule has 0 saturated heterocycles. The van der Waals surface area contributed by atoms with Crippen molar-refractivity contribution in [2.45, 2.75) is 44.4 Å². The molecule has 0 aromatic heterocycles. The fourth-order valence-corrected chi connectivity index (χ4v) is 4.02. The molecule has 1 aliphatic carbocycles. The van der Waals surface area contributed by atoms with Gasteiger partial charge >= 0.3 is 0 Å². The van der Waals surface area contributed by atoms with Crippen molar-refractivity contribution in [3.8, 4) is 0 Å². The van der Waals surface area contributed by atoms with Crippen LogP contribution < -0.4 is 15.4 Å². The van der Waals surface area contributed by atoms with Gasteiger partial charge in [0.25, 0.3) is 0 Å². The van der Waals surface area contributed by atoms with Crippen LogP contribution in [0, 0.1) is 12.3 Å². The van der Waals surface area contributed by atoms with E-state index in [4.69, 9.17) is 0 Å². The number of sulfonamides is 1. The largest absolute Gasteiger partial charge is 0.356 e. The van der Waals surface area contributed by atoms with E-state index < -0.39 is 10.0 Å². The van der Waals surface area contributed by atoms with Crippen LogP contribution in [0.1, 0.15) is 38.2 Å². The zero-order valence-corrected chi connectivity index (χ0v) is 16.2. The average Bonchev–Trinajstić information content (AvgIpc) is 2.56. The number of nitrogens with zero attached hydrogens (tertiary/aromatic N) is 1. The third-order valence-corrected chi connectivity index (χ3v) is 6.54. The highest BCUT2D eigenvalue weighted by molar-refractivity contribution is 7.89. The maximum Gasteiger partial charge on any atom is 0.240 e. The summed E-state index contributed by atoms with van der Waals surface area (Å²) in [7, 11) is -1.74. The molecule has 0 heterocycles. The molecular formula is C18H30N4O2S. The summed E-state index contributed by atoms with van der Waals surface area (Å²) in [6, 6.07) is 6.83. The van der Waals surface area contributed by atoms with Gasteiger partial charge < -0.3 is 10.6 Å². The number of nitrogens with one attached hydrogen (secondary N) is 3. The second kappa shape index (κ2) is 8.67. The smallest absolute Gasteiger partial charge is 0.240 e. The van der Waals surface area contributed by atoms with Gasteiger partial charge in [-0.25, -0.2) is 13.1 Å². The molecule has 0 unspecified atom stereocenters. The molecule has 1 aliphatic rings. The standard InChI is InChI=1S/C18H30N4O2S/c1-4-18(10-5-11-18)14-21-17(19-3)20-12-13-22-25(23,24)16-8-6-15(2)7-9-16/h6-9,22H,4-5,10-14H2,1-3H3,(H2,19,20,21). The number of hydrogen-bond donors (Lipinski definition) is 3. The SMILES string of the molecule is CCC1(CNC(=NC)NCCNS(=O)(=O)c2ccc(C)cc2)CCC1. The van der Waals surface area contributed by atoms with Gasteiger partial charge in [-0.3, -0.25) is 4.99 Å². The first-order chi connectivity index (χ1) is 11.9. The Morgan fingerprint density at radius 1 is 1.16 bits per heavy atom. The van der Waals surface area contributed by atoms with Crippen LogP contribution in [-0.4, -0.2) is 41.1 Å². The van der Waals surface area contributed by atoms with Crippen LogP contribution in [0.2, 0.25) is 0 Å². The van der Waals surface area contributed by atoms with Gasteiger partial charge in [0.15, 0.2) is 5.96 Å². The van der Waals surface area contributed by atoms with Crippen molar-refractivity contribution in [3.63, 3.8) is 0 Å². The van der Waals surface area contributed by atoms with Crippen LogP contribution in [-0.2, 0) is 10.0 Å². The number of guanidine groups is 1. The van der Waals surface area contributed by atoms with Gasteiger partial charge in [0.2, 0.25) is 10.0 Å². The summed E-state index contributed by atoms with van der Waals surface area (Å²) in [5.41, 5.74) is 1.44. The zero-order chi connectivity index (χ0) is 18.3. The van der Waals surface area contributed by atoms with E-state index in [1.54, 1.807) is 31.3 Å². The summed E-state index contributed by atoms with van der Waals surface area (Å²) >= 11 is 0. The Hall–Kier alpha value is -1.60. The molecule has 1 aromatic carbocycles. The van der Waals surface area contributed by atoms with E-state index in [2.05, 4.69) is 27.3 Å². The van der Waals surface area contributed by atoms with E-state index in [9.17, 15) is 8.42 Å². The van der Waals surface area contributed by atoms with Crippen molar-refractivity contribution in [2.75, 3.05) is 26.7 Å². The summed E-state index contributed by atoms with van der Waals surface area (Å²) < 4.78 is 27.0. The molecule has 140 valence electrons. The molecule has 0 amide bonds. The fourth-order valence-electron chi connectivity index (χ4n) is 2.99. The van der Waals surface area contributed by atoms with Gasteiger partial charge in [-0.1, -0.05) is 31.0 Å². The first kappa shape index (κ1) is 19.7. The lowest BCUT2D eigenvalue weighted by Crippen LogP contribution is -2.47. The molecule has 0 radical (unpaired) electrons. The Balaban J connectivity index is 1.74. The van der Waals surface area contributed by atoms with Crippen LogP contribution in [0.5, 0.6) is 0 Å². The van der Waals surface area contributed by atoms with Crippen LogP contribution in [0.15, 0.2) is 34.2 Å². The maximum atomic E-state index is 12.2. The number of rotatable bonds is 8. The topological polar surface area (TPSA) is 82.6 Å². The molecule has 6 nitrogen and oxygen atoms in total. The second-order valence-electron chi connectivity index (χ2n) is 6.77. The van der Waals surface area contributed by atoms with E-state index in [1.165, 1.54) is 25.7 Å². The molecular weight excluding hydrogens is 336 g/mol. The summed E-state index contributed by atoms with van der Waals surface area (Å²) in [6.45, 7) is 5.85. The lowest BCUT2D eigenvalue weighted by atomic mass is 9.67. The summed E-state index contributed by atoms with van der Waals surface area (Å²) in [5, 5.41) is 6.52. The number of aryl methyl sites for hydroxylation is 1. The Kier molecular flexibility index (Phi) is 6.84. The van der Waals surface area contributed by atoms with Crippen molar-refractivity contribution in [2.24, 2.45) is 10.4 Å². The van der Waals surface area contributed by atoms with Crippen molar-refractivity contribution < 1.29 is 8.42 Å². The van der Waals surface area contributed by atoms with E-state index in [0.717, 1.165) is 12.1 Å². The molecule has 2 rings (SSSR count). The fraction of sp³-hybridized carbons (Fsp3) is 0.611. The first-order valence-corrected chi connectivity index (χ1v) is 10.4. The van der Waals surface area contributed by atoms with Crippen molar-refractivity contribution in [1.29, 1.82) is 0 Å². The number of benzene rings is 1. The molecule has 7 heteroatoms. The van der Waals surface area contributed by atoms with E-state index >= 15 is 0 Å². The minimum absolute atomic E-state index is 0.287. The molecule has 0 atom stereocenters. The normalized spacial score (nSPS) is 17.0. The predicted molar refractivity (Wildman–Crippen MR) is 102 cm³/mol. The summed E-state index contributed by atoms with van der Waals surface area (Å²) in [6.07, 6.45) is 5.02. The van der Waals surface area contributed by atoms with Gasteiger partial charge in [-0.15, -0.1) is 0 Å². The van der Waals surface area contributed by atoms with Gasteiger partial charge in [0, 0.05) is 26.7 Å². The summed E-state index contributed by atoms with van der Waals surface area (Å²) in [5.74, 6) is 0.717. The van der Waals surface area contributed by atoms with E-state index in [-0.39, 0.29) is 4.90 Å². The molecule has 0 bridgehead atoms. The molecule has 1 fully saturated rings. The van der Waals surface area contributed by atoms with Crippen molar-refractivity contribution in [3.05, 3.63) is 29.8 Å². The molecule has 0 spiro atoms. The second-order valence-corrected chi connectivity index (χ2v) is 8.54. The first-order valence-electron chi connectivity index (χ1n) is 8.92. The highest BCUT2D eigenvalue weighted by Crippen LogP contribution is 2.42. The summed E-state index contributed by atoms with van der Waals surface area (Å²) in [4.78, 5) is 4.49. The maximum absolute atomic E-state index is 12.2. The minimum Gasteiger partial charge on any atom is -0.356 e. The van der Waals surface area contributed by atoms with Gasteiger partial charge in [0.1, 0.15) is 0 Å². The van der Waals surface area contributed by atoms with E-state index in [0.29, 0.717) is 24.5 Å². The van der Waals surface area contributed by atoms with Crippen LogP contribution >= 0.6 is 0 Å². The molecule has 1 aromatic rings. The van der Waals surface area contributed by atoms with Gasteiger partial charge in [-0.2, -0.15) is 0 Å². The van der Waals surface area contributed by atoms with Crippen LogP contribution in [0.25, 0.3) is 0 Å². The van der Waals surface area contributed by atoms with E-state index in [1.807, 2.05) is 6.92 Å². The third-order valence-electron chi connectivity index (χ3n) is 5.06. The highest BCUT2D eigenvalue weighted by Gasteiger charge is 2.34. The quantitative estimate of drug-likeness (QED) is 0.373. The number of hydrogen-bond acceptors (Lipinski definition) is 3.